The molecule has 0 aliphatic rings. The molecular formula is C8H18O6S2. The highest BCUT2D eigenvalue weighted by Gasteiger charge is 2.38. The highest BCUT2D eigenvalue weighted by molar-refractivity contribution is 7.87. The smallest absolute Gasteiger partial charge is 0.270 e. The van der Waals surface area contributed by atoms with Crippen molar-refractivity contribution in [3.63, 3.8) is 0 Å². The van der Waals surface area contributed by atoms with E-state index in [4.69, 9.17) is 9.11 Å². The lowest BCUT2D eigenvalue weighted by Crippen LogP contribution is -2.37. The first-order chi connectivity index (χ1) is 6.71. The molecule has 0 aromatic rings. The Bertz CT molecular complexity index is 399. The summed E-state index contributed by atoms with van der Waals surface area (Å²) in [5.41, 5.74) is 0. The van der Waals surface area contributed by atoms with Crippen molar-refractivity contribution in [3.05, 3.63) is 0 Å². The minimum absolute atomic E-state index is 0.0708. The molecule has 0 rings (SSSR count). The van der Waals surface area contributed by atoms with Crippen LogP contribution in [0.4, 0.5) is 0 Å². The lowest BCUT2D eigenvalue weighted by atomic mass is 9.99. The van der Waals surface area contributed by atoms with Crippen LogP contribution in [0.5, 0.6) is 0 Å². The summed E-state index contributed by atoms with van der Waals surface area (Å²) in [4.78, 5) is 0. The molecule has 6 nitrogen and oxygen atoms in total. The van der Waals surface area contributed by atoms with Crippen LogP contribution in [0.1, 0.15) is 40.5 Å². The first kappa shape index (κ1) is 15.8. The Morgan fingerprint density at radius 3 is 1.06 bits per heavy atom. The van der Waals surface area contributed by atoms with Crippen LogP contribution in [0.25, 0.3) is 0 Å². The van der Waals surface area contributed by atoms with Crippen molar-refractivity contribution >= 4 is 20.2 Å². The van der Waals surface area contributed by atoms with Crippen molar-refractivity contribution in [2.24, 2.45) is 0 Å². The van der Waals surface area contributed by atoms with Crippen LogP contribution in [-0.2, 0) is 20.2 Å². The van der Waals surface area contributed by atoms with E-state index in [1.807, 2.05) is 0 Å². The van der Waals surface area contributed by atoms with Crippen LogP contribution < -0.4 is 0 Å². The van der Waals surface area contributed by atoms with E-state index in [0.29, 0.717) is 0 Å². The van der Waals surface area contributed by atoms with E-state index in [1.165, 1.54) is 27.7 Å². The van der Waals surface area contributed by atoms with E-state index in [2.05, 4.69) is 0 Å². The summed E-state index contributed by atoms with van der Waals surface area (Å²) in [6.45, 7) is 5.18. The number of rotatable bonds is 5. The number of hydrogen-bond acceptors (Lipinski definition) is 4. The predicted octanol–water partition coefficient (Wildman–Crippen LogP) is 1.10. The van der Waals surface area contributed by atoms with Gasteiger partial charge >= 0.3 is 0 Å². The molecule has 8 heteroatoms. The van der Waals surface area contributed by atoms with Crippen molar-refractivity contribution in [3.8, 4) is 0 Å². The quantitative estimate of drug-likeness (QED) is 0.727. The molecule has 0 aliphatic heterocycles. The maximum absolute atomic E-state index is 11.0. The Kier molecular flexibility index (Phi) is 4.20. The summed E-state index contributed by atoms with van der Waals surface area (Å²) in [5, 5.41) is 0. The van der Waals surface area contributed by atoms with Gasteiger partial charge in [0.1, 0.15) is 0 Å². The molecule has 0 radical (unpaired) electrons. The Morgan fingerprint density at radius 2 is 0.938 bits per heavy atom. The third-order valence-corrected chi connectivity index (χ3v) is 5.93. The molecule has 0 aromatic carbocycles. The van der Waals surface area contributed by atoms with E-state index in [1.54, 1.807) is 0 Å². The molecule has 0 saturated carbocycles. The maximum atomic E-state index is 11.0. The Hall–Kier alpha value is -0.180. The summed E-state index contributed by atoms with van der Waals surface area (Å²) < 4.78 is 58.8. The molecule has 0 bridgehead atoms. The zero-order valence-electron chi connectivity index (χ0n) is 9.76. The van der Waals surface area contributed by atoms with E-state index in [0.717, 1.165) is 0 Å². The lowest BCUT2D eigenvalue weighted by molar-refractivity contribution is 0.394. The number of hydrogen-bond donors (Lipinski definition) is 2. The molecule has 0 unspecified atom stereocenters. The normalized spacial score (nSPS) is 15.1. The monoisotopic (exact) mass is 274 g/mol. The molecule has 0 fully saturated rings. The van der Waals surface area contributed by atoms with Crippen LogP contribution in [0.3, 0.4) is 0 Å². The highest BCUT2D eigenvalue weighted by Crippen LogP contribution is 2.29. The zero-order chi connectivity index (χ0) is 13.4. The fraction of sp³-hybridized carbons (Fsp3) is 1.00. The minimum atomic E-state index is -4.25. The zero-order valence-corrected chi connectivity index (χ0v) is 11.4. The molecule has 0 atom stereocenters. The predicted molar refractivity (Wildman–Crippen MR) is 60.5 cm³/mol. The summed E-state index contributed by atoms with van der Waals surface area (Å²) in [5.74, 6) is 0. The van der Waals surface area contributed by atoms with Crippen LogP contribution in [-0.4, -0.2) is 35.4 Å². The van der Waals surface area contributed by atoms with Crippen molar-refractivity contribution in [2.45, 2.75) is 50.0 Å². The Labute approximate surface area is 96.6 Å². The van der Waals surface area contributed by atoms with Gasteiger partial charge < -0.3 is 0 Å². The van der Waals surface area contributed by atoms with Crippen LogP contribution in [0.2, 0.25) is 0 Å². The van der Waals surface area contributed by atoms with Gasteiger partial charge in [0.15, 0.2) is 0 Å². The van der Waals surface area contributed by atoms with Gasteiger partial charge in [-0.05, 0) is 40.5 Å². The summed E-state index contributed by atoms with van der Waals surface area (Å²) in [6, 6.07) is 0. The topological polar surface area (TPSA) is 109 Å². The van der Waals surface area contributed by atoms with Gasteiger partial charge in [-0.1, -0.05) is 0 Å². The van der Waals surface area contributed by atoms with E-state index < -0.39 is 29.7 Å². The van der Waals surface area contributed by atoms with E-state index in [9.17, 15) is 16.8 Å². The molecule has 16 heavy (non-hydrogen) atoms. The largest absolute Gasteiger partial charge is 0.285 e. The second-order valence-electron chi connectivity index (χ2n) is 4.97. The third-order valence-electron chi connectivity index (χ3n) is 2.73. The van der Waals surface area contributed by atoms with Crippen molar-refractivity contribution < 1.29 is 25.9 Å². The van der Waals surface area contributed by atoms with Gasteiger partial charge in [0.05, 0.1) is 9.49 Å². The molecule has 0 amide bonds. The molecule has 0 aliphatic carbocycles. The third kappa shape index (κ3) is 3.69. The average molecular weight is 274 g/mol. The van der Waals surface area contributed by atoms with Gasteiger partial charge in [-0.25, -0.2) is 0 Å². The molecule has 0 spiro atoms. The van der Waals surface area contributed by atoms with Gasteiger partial charge in [-0.2, -0.15) is 16.8 Å². The van der Waals surface area contributed by atoms with Gasteiger partial charge in [-0.15, -0.1) is 0 Å². The summed E-state index contributed by atoms with van der Waals surface area (Å²) in [6.07, 6.45) is -0.142. The van der Waals surface area contributed by atoms with Crippen molar-refractivity contribution in [1.29, 1.82) is 0 Å². The van der Waals surface area contributed by atoms with Gasteiger partial charge in [0, 0.05) is 0 Å². The van der Waals surface area contributed by atoms with Crippen LogP contribution in [0, 0.1) is 0 Å². The van der Waals surface area contributed by atoms with Gasteiger partial charge in [-0.3, -0.25) is 9.11 Å². The molecule has 0 saturated heterocycles. The molecule has 2 N–H and O–H groups in total. The van der Waals surface area contributed by atoms with Gasteiger partial charge in [0.2, 0.25) is 0 Å². The first-order valence-electron chi connectivity index (χ1n) is 4.65. The molecule has 0 heterocycles. The highest BCUT2D eigenvalue weighted by atomic mass is 32.2. The second kappa shape index (κ2) is 4.25. The van der Waals surface area contributed by atoms with Crippen LogP contribution in [0.15, 0.2) is 0 Å². The molecular weight excluding hydrogens is 256 g/mol. The van der Waals surface area contributed by atoms with Gasteiger partial charge in [0.25, 0.3) is 20.2 Å². The average Bonchev–Trinajstić information content (AvgIpc) is 1.97. The Morgan fingerprint density at radius 1 is 0.750 bits per heavy atom. The van der Waals surface area contributed by atoms with Crippen LogP contribution >= 0.6 is 0 Å². The SMILES string of the molecule is CC(C)(CCC(C)(C)S(=O)(=O)O)S(=O)(=O)O. The molecule has 98 valence electrons. The minimum Gasteiger partial charge on any atom is -0.285 e. The van der Waals surface area contributed by atoms with Crippen molar-refractivity contribution in [1.82, 2.24) is 0 Å². The Balaban J connectivity index is 4.86. The summed E-state index contributed by atoms with van der Waals surface area (Å²) in [7, 11) is -8.49. The first-order valence-corrected chi connectivity index (χ1v) is 7.53. The van der Waals surface area contributed by atoms with E-state index >= 15 is 0 Å². The fourth-order valence-corrected chi connectivity index (χ4v) is 1.58. The van der Waals surface area contributed by atoms with E-state index in [-0.39, 0.29) is 12.8 Å². The fourth-order valence-electron chi connectivity index (χ4n) is 0.860. The maximum Gasteiger partial charge on any atom is 0.270 e. The molecule has 0 aromatic heterocycles. The standard InChI is InChI=1S/C8H18O6S2/c1-7(2,15(9,10)11)5-6-8(3,4)16(12,13)14/h5-6H2,1-4H3,(H,9,10,11)(H,12,13,14). The lowest BCUT2D eigenvalue weighted by Gasteiger charge is -2.26. The summed E-state index contributed by atoms with van der Waals surface area (Å²) >= 11 is 0. The second-order valence-corrected chi connectivity index (χ2v) is 9.08. The van der Waals surface area contributed by atoms with Crippen molar-refractivity contribution in [2.75, 3.05) is 0 Å².